The highest BCUT2D eigenvalue weighted by molar-refractivity contribution is 7.99. The average molecular weight is 359 g/mol. The lowest BCUT2D eigenvalue weighted by Gasteiger charge is -2.04. The van der Waals surface area contributed by atoms with Gasteiger partial charge in [0.1, 0.15) is 10.8 Å². The van der Waals surface area contributed by atoms with Crippen LogP contribution in [0.5, 0.6) is 5.75 Å². The number of para-hydroxylation sites is 1. The monoisotopic (exact) mass is 359 g/mol. The maximum atomic E-state index is 5.21. The molecule has 0 saturated heterocycles. The van der Waals surface area contributed by atoms with Crippen molar-refractivity contribution < 1.29 is 4.74 Å². The molecule has 0 saturated carbocycles. The van der Waals surface area contributed by atoms with Gasteiger partial charge in [0.2, 0.25) is 5.16 Å². The Balaban J connectivity index is 1.61. The fraction of sp³-hybridized carbons (Fsp3) is 0.0526. The Morgan fingerprint density at radius 1 is 1.00 bits per heavy atom. The van der Waals surface area contributed by atoms with E-state index in [2.05, 4.69) is 27.4 Å². The fourth-order valence-electron chi connectivity index (χ4n) is 2.85. The Morgan fingerprint density at radius 3 is 2.69 bits per heavy atom. The molecule has 126 valence electrons. The van der Waals surface area contributed by atoms with Crippen molar-refractivity contribution in [3.8, 4) is 17.1 Å². The first-order valence-electron chi connectivity index (χ1n) is 8.04. The van der Waals surface area contributed by atoms with E-state index in [0.717, 1.165) is 32.8 Å². The van der Waals surface area contributed by atoms with Gasteiger partial charge >= 0.3 is 0 Å². The number of rotatable bonds is 2. The lowest BCUT2D eigenvalue weighted by molar-refractivity contribution is 0.415. The highest BCUT2D eigenvalue weighted by Crippen LogP contribution is 2.33. The van der Waals surface area contributed by atoms with Crippen LogP contribution in [0.4, 0.5) is 0 Å². The summed E-state index contributed by atoms with van der Waals surface area (Å²) in [5.41, 5.74) is 2.85. The molecule has 4 aromatic rings. The van der Waals surface area contributed by atoms with Crippen molar-refractivity contribution in [1.29, 1.82) is 0 Å². The van der Waals surface area contributed by atoms with E-state index in [-0.39, 0.29) is 0 Å². The molecule has 0 unspecified atom stereocenters. The van der Waals surface area contributed by atoms with Gasteiger partial charge in [-0.2, -0.15) is 9.78 Å². The Morgan fingerprint density at radius 2 is 1.85 bits per heavy atom. The van der Waals surface area contributed by atoms with Crippen LogP contribution in [0.25, 0.3) is 22.3 Å². The zero-order chi connectivity index (χ0) is 17.5. The van der Waals surface area contributed by atoms with Gasteiger partial charge in [0.15, 0.2) is 5.82 Å². The maximum Gasteiger partial charge on any atom is 0.218 e. The minimum atomic E-state index is 0.684. The lowest BCUT2D eigenvalue weighted by atomic mass is 10.2. The topological polar surface area (TPSA) is 65.2 Å². The molecule has 1 aliphatic rings. The van der Waals surface area contributed by atoms with Gasteiger partial charge in [0.05, 0.1) is 18.8 Å². The summed E-state index contributed by atoms with van der Waals surface area (Å²) in [7, 11) is 1.65. The molecule has 5 rings (SSSR count). The van der Waals surface area contributed by atoms with Crippen LogP contribution in [0.15, 0.2) is 69.9 Å². The zero-order valence-electron chi connectivity index (χ0n) is 13.8. The van der Waals surface area contributed by atoms with E-state index in [4.69, 9.17) is 9.72 Å². The van der Waals surface area contributed by atoms with Crippen LogP contribution in [0, 0.1) is 0 Å². The number of fused-ring (bicyclic) bond motifs is 3. The molecule has 0 amide bonds. The first-order valence-corrected chi connectivity index (χ1v) is 8.85. The largest absolute Gasteiger partial charge is 0.497 e. The van der Waals surface area contributed by atoms with Gasteiger partial charge in [-0.3, -0.25) is 0 Å². The van der Waals surface area contributed by atoms with Gasteiger partial charge in [0.25, 0.3) is 0 Å². The van der Waals surface area contributed by atoms with Crippen molar-refractivity contribution in [2.45, 2.75) is 10.2 Å². The SMILES string of the molecule is COc1ccc(-c2nnc3n2N=Cc2cc4ccccc4nc2S3)cc1. The number of ether oxygens (including phenoxy) is 1. The molecule has 0 aliphatic carbocycles. The van der Waals surface area contributed by atoms with Crippen LogP contribution in [-0.2, 0) is 0 Å². The quantitative estimate of drug-likeness (QED) is 0.479. The number of methoxy groups -OCH3 is 1. The summed E-state index contributed by atoms with van der Waals surface area (Å²) >= 11 is 1.47. The van der Waals surface area contributed by atoms with Gasteiger partial charge in [-0.1, -0.05) is 18.2 Å². The second-order valence-corrected chi connectivity index (χ2v) is 6.72. The highest BCUT2D eigenvalue weighted by Gasteiger charge is 2.19. The number of aromatic nitrogens is 4. The van der Waals surface area contributed by atoms with Crippen molar-refractivity contribution in [3.63, 3.8) is 0 Å². The van der Waals surface area contributed by atoms with Gasteiger partial charge in [-0.05, 0) is 48.2 Å². The molecule has 0 atom stereocenters. The van der Waals surface area contributed by atoms with Crippen molar-refractivity contribution in [2.24, 2.45) is 5.10 Å². The summed E-state index contributed by atoms with van der Waals surface area (Å²) in [6.07, 6.45) is 1.81. The molecular formula is C19H13N5OS. The zero-order valence-corrected chi connectivity index (χ0v) is 14.6. The number of hydrogen-bond donors (Lipinski definition) is 0. The van der Waals surface area contributed by atoms with Crippen LogP contribution in [0.3, 0.4) is 0 Å². The molecule has 0 N–H and O–H groups in total. The minimum Gasteiger partial charge on any atom is -0.497 e. The van der Waals surface area contributed by atoms with Crippen LogP contribution >= 0.6 is 11.8 Å². The van der Waals surface area contributed by atoms with Gasteiger partial charge in [0, 0.05) is 16.5 Å². The Labute approximate surface area is 153 Å². The minimum absolute atomic E-state index is 0.684. The van der Waals surface area contributed by atoms with Crippen LogP contribution in [0.1, 0.15) is 5.56 Å². The molecule has 1 aliphatic heterocycles. The molecular weight excluding hydrogens is 346 g/mol. The third-order valence-corrected chi connectivity index (χ3v) is 5.13. The molecule has 2 aromatic carbocycles. The first kappa shape index (κ1) is 15.1. The normalized spacial score (nSPS) is 12.5. The van der Waals surface area contributed by atoms with E-state index in [1.54, 1.807) is 11.8 Å². The van der Waals surface area contributed by atoms with E-state index >= 15 is 0 Å². The van der Waals surface area contributed by atoms with E-state index in [1.165, 1.54) is 11.8 Å². The average Bonchev–Trinajstić information content (AvgIpc) is 3.00. The second-order valence-electron chi connectivity index (χ2n) is 5.77. The summed E-state index contributed by atoms with van der Waals surface area (Å²) in [4.78, 5) is 4.75. The van der Waals surface area contributed by atoms with Crippen LogP contribution in [0.2, 0.25) is 0 Å². The number of nitrogens with zero attached hydrogens (tertiary/aromatic N) is 5. The number of pyridine rings is 1. The molecule has 0 fully saturated rings. The van der Waals surface area contributed by atoms with Crippen LogP contribution < -0.4 is 4.74 Å². The van der Waals surface area contributed by atoms with Gasteiger partial charge < -0.3 is 4.74 Å². The smallest absolute Gasteiger partial charge is 0.218 e. The standard InChI is InChI=1S/C19H13N5OS/c1-25-15-8-6-12(7-9-15)17-22-23-19-24(17)20-11-14-10-13-4-2-3-5-16(13)21-18(14)26-19/h2-11H,1H3. The summed E-state index contributed by atoms with van der Waals surface area (Å²) in [5.74, 6) is 1.48. The van der Waals surface area contributed by atoms with E-state index in [1.807, 2.05) is 48.7 Å². The summed E-state index contributed by atoms with van der Waals surface area (Å²) in [6, 6.07) is 17.8. The molecule has 26 heavy (non-hydrogen) atoms. The molecule has 0 spiro atoms. The third-order valence-electron chi connectivity index (χ3n) is 4.18. The van der Waals surface area contributed by atoms with Gasteiger partial charge in [-0.15, -0.1) is 10.2 Å². The van der Waals surface area contributed by atoms with Crippen molar-refractivity contribution in [1.82, 2.24) is 19.9 Å². The second kappa shape index (κ2) is 5.96. The Bertz CT molecular complexity index is 1150. The summed E-state index contributed by atoms with van der Waals surface area (Å²) in [5, 5.41) is 15.9. The summed E-state index contributed by atoms with van der Waals surface area (Å²) < 4.78 is 6.96. The van der Waals surface area contributed by atoms with Gasteiger partial charge in [-0.25, -0.2) is 4.98 Å². The van der Waals surface area contributed by atoms with Crippen LogP contribution in [-0.4, -0.2) is 33.2 Å². The maximum absolute atomic E-state index is 5.21. The number of hydrogen-bond acceptors (Lipinski definition) is 6. The molecule has 2 aromatic heterocycles. The predicted octanol–water partition coefficient (Wildman–Crippen LogP) is 3.85. The molecule has 0 radical (unpaired) electrons. The third kappa shape index (κ3) is 2.44. The molecule has 0 bridgehead atoms. The Hall–Kier alpha value is -3.19. The van der Waals surface area contributed by atoms with Crippen molar-refractivity contribution >= 4 is 28.9 Å². The summed E-state index contributed by atoms with van der Waals surface area (Å²) in [6.45, 7) is 0. The molecule has 3 heterocycles. The predicted molar refractivity (Wildman–Crippen MR) is 101 cm³/mol. The Kier molecular flexibility index (Phi) is 3.46. The van der Waals surface area contributed by atoms with Crippen molar-refractivity contribution in [3.05, 3.63) is 60.2 Å². The highest BCUT2D eigenvalue weighted by atomic mass is 32.2. The molecule has 7 heteroatoms. The number of benzene rings is 2. The van der Waals surface area contributed by atoms with E-state index in [0.29, 0.717) is 11.0 Å². The first-order chi connectivity index (χ1) is 12.8. The van der Waals surface area contributed by atoms with Crippen molar-refractivity contribution in [2.75, 3.05) is 7.11 Å². The van der Waals surface area contributed by atoms with E-state index in [9.17, 15) is 0 Å². The lowest BCUT2D eigenvalue weighted by Crippen LogP contribution is -1.94. The van der Waals surface area contributed by atoms with E-state index < -0.39 is 0 Å². The fourth-order valence-corrected chi connectivity index (χ4v) is 3.70. The molecule has 6 nitrogen and oxygen atoms in total.